The summed E-state index contributed by atoms with van der Waals surface area (Å²) in [6.45, 7) is 1.86. The van der Waals surface area contributed by atoms with Gasteiger partial charge < -0.3 is 9.64 Å². The normalized spacial score (nSPS) is 24.2. The number of rotatable bonds is 3. The molecule has 0 bridgehead atoms. The molecule has 1 saturated heterocycles. The lowest BCUT2D eigenvalue weighted by Gasteiger charge is -2.41. The molecule has 1 amide bonds. The van der Waals surface area contributed by atoms with Gasteiger partial charge in [0.05, 0.1) is 11.6 Å². The van der Waals surface area contributed by atoms with Gasteiger partial charge >= 0.3 is 0 Å². The maximum Gasteiger partial charge on any atom is 0.260 e. The van der Waals surface area contributed by atoms with Gasteiger partial charge in [0.1, 0.15) is 5.75 Å². The molecule has 4 nitrogen and oxygen atoms in total. The first kappa shape index (κ1) is 14.9. The number of carbonyl (C=O) groups excluding carboxylic acids is 1. The van der Waals surface area contributed by atoms with Crippen molar-refractivity contribution in [2.24, 2.45) is 11.8 Å². The molecule has 0 aromatic heterocycles. The van der Waals surface area contributed by atoms with Crippen molar-refractivity contribution in [2.75, 3.05) is 19.7 Å². The molecule has 1 aromatic carbocycles. The van der Waals surface area contributed by atoms with Crippen LogP contribution in [0.2, 0.25) is 0 Å². The van der Waals surface area contributed by atoms with Gasteiger partial charge in [-0.3, -0.25) is 4.79 Å². The van der Waals surface area contributed by atoms with Crippen LogP contribution < -0.4 is 4.74 Å². The molecular formula is C18H22N2O2. The fraction of sp³-hybridized carbons (Fsp3) is 0.556. The van der Waals surface area contributed by atoms with Crippen molar-refractivity contribution >= 4 is 5.91 Å². The summed E-state index contributed by atoms with van der Waals surface area (Å²) < 4.78 is 5.56. The quantitative estimate of drug-likeness (QED) is 0.862. The Morgan fingerprint density at radius 2 is 1.91 bits per heavy atom. The Hall–Kier alpha value is -2.02. The number of likely N-dealkylation sites (tertiary alicyclic amines) is 1. The van der Waals surface area contributed by atoms with E-state index in [0.29, 0.717) is 17.2 Å². The van der Waals surface area contributed by atoms with Crippen LogP contribution in [0.5, 0.6) is 5.75 Å². The van der Waals surface area contributed by atoms with Gasteiger partial charge in [0, 0.05) is 13.1 Å². The van der Waals surface area contributed by atoms with E-state index in [2.05, 4.69) is 6.07 Å². The minimum Gasteiger partial charge on any atom is -0.484 e. The zero-order chi connectivity index (χ0) is 15.4. The molecular weight excluding hydrogens is 276 g/mol. The van der Waals surface area contributed by atoms with Crippen molar-refractivity contribution in [2.45, 2.75) is 32.1 Å². The van der Waals surface area contributed by atoms with E-state index in [0.717, 1.165) is 25.4 Å². The smallest absolute Gasteiger partial charge is 0.260 e. The fourth-order valence-corrected chi connectivity index (χ4v) is 3.69. The average molecular weight is 298 g/mol. The summed E-state index contributed by atoms with van der Waals surface area (Å²) in [5.74, 6) is 2.24. The Balaban J connectivity index is 1.50. The minimum atomic E-state index is 0.0772. The first-order chi connectivity index (χ1) is 10.8. The van der Waals surface area contributed by atoms with Crippen LogP contribution in [0.15, 0.2) is 24.3 Å². The molecule has 1 heterocycles. The molecule has 22 heavy (non-hydrogen) atoms. The molecule has 1 aliphatic carbocycles. The number of hydrogen-bond donors (Lipinski definition) is 0. The number of benzene rings is 1. The van der Waals surface area contributed by atoms with E-state index in [9.17, 15) is 4.79 Å². The van der Waals surface area contributed by atoms with Gasteiger partial charge in [-0.2, -0.15) is 5.26 Å². The van der Waals surface area contributed by atoms with Gasteiger partial charge in [-0.25, -0.2) is 0 Å². The molecule has 116 valence electrons. The van der Waals surface area contributed by atoms with E-state index in [-0.39, 0.29) is 12.5 Å². The van der Waals surface area contributed by atoms with Gasteiger partial charge in [0.15, 0.2) is 6.61 Å². The number of fused-ring (bicyclic) bond motifs is 1. The summed E-state index contributed by atoms with van der Waals surface area (Å²) in [5, 5.41) is 8.76. The summed E-state index contributed by atoms with van der Waals surface area (Å²) in [5.41, 5.74) is 0.595. The van der Waals surface area contributed by atoms with Crippen molar-refractivity contribution in [1.29, 1.82) is 5.26 Å². The standard InChI is InChI=1S/C18H22N2O2/c19-11-14-5-7-17(8-6-14)22-13-18(21)20-10-9-15-3-1-2-4-16(15)12-20/h5-8,15-16H,1-4,9-10,12-13H2/t15-,16-/m1/s1. The van der Waals surface area contributed by atoms with Crippen LogP contribution >= 0.6 is 0 Å². The molecule has 3 rings (SSSR count). The van der Waals surface area contributed by atoms with E-state index in [1.165, 1.54) is 25.7 Å². The number of ether oxygens (including phenoxy) is 1. The molecule has 1 saturated carbocycles. The highest BCUT2D eigenvalue weighted by atomic mass is 16.5. The maximum atomic E-state index is 12.3. The average Bonchev–Trinajstić information content (AvgIpc) is 2.59. The second-order valence-electron chi connectivity index (χ2n) is 6.36. The third-order valence-corrected chi connectivity index (χ3v) is 4.99. The highest BCUT2D eigenvalue weighted by Crippen LogP contribution is 2.36. The number of nitrogens with zero attached hydrogens (tertiary/aromatic N) is 2. The Bertz CT molecular complexity index is 561. The molecule has 4 heteroatoms. The van der Waals surface area contributed by atoms with Gasteiger partial charge in [0.2, 0.25) is 0 Å². The second-order valence-corrected chi connectivity index (χ2v) is 6.36. The van der Waals surface area contributed by atoms with Gasteiger partial charge in [-0.05, 0) is 48.9 Å². The van der Waals surface area contributed by atoms with Crippen LogP contribution in [-0.2, 0) is 4.79 Å². The lowest BCUT2D eigenvalue weighted by atomic mass is 9.75. The SMILES string of the molecule is N#Cc1ccc(OCC(=O)N2CC[C@H]3CCCC[C@@H]3C2)cc1. The Kier molecular flexibility index (Phi) is 4.62. The summed E-state index contributed by atoms with van der Waals surface area (Å²) in [4.78, 5) is 14.3. The Labute approximate surface area is 131 Å². The summed E-state index contributed by atoms with van der Waals surface area (Å²) in [6.07, 6.45) is 6.43. The van der Waals surface area contributed by atoms with Gasteiger partial charge in [-0.15, -0.1) is 0 Å². The van der Waals surface area contributed by atoms with E-state index >= 15 is 0 Å². The van der Waals surface area contributed by atoms with Crippen molar-refractivity contribution in [1.82, 2.24) is 4.90 Å². The molecule has 0 radical (unpaired) electrons. The number of nitriles is 1. The third kappa shape index (κ3) is 3.41. The first-order valence-electron chi connectivity index (χ1n) is 8.17. The van der Waals surface area contributed by atoms with Crippen LogP contribution in [0.1, 0.15) is 37.7 Å². The Morgan fingerprint density at radius 3 is 2.64 bits per heavy atom. The lowest BCUT2D eigenvalue weighted by Crippen LogP contribution is -2.46. The minimum absolute atomic E-state index is 0.0772. The van der Waals surface area contributed by atoms with E-state index in [1.807, 2.05) is 4.90 Å². The van der Waals surface area contributed by atoms with Crippen LogP contribution in [0.4, 0.5) is 0 Å². The molecule has 2 atom stereocenters. The summed E-state index contributed by atoms with van der Waals surface area (Å²) in [7, 11) is 0. The number of carbonyl (C=O) groups is 1. The predicted octanol–water partition coefficient (Wildman–Crippen LogP) is 2.98. The number of amides is 1. The lowest BCUT2D eigenvalue weighted by molar-refractivity contribution is -0.136. The van der Waals surface area contributed by atoms with E-state index in [4.69, 9.17) is 10.00 Å². The van der Waals surface area contributed by atoms with Crippen molar-refractivity contribution in [3.05, 3.63) is 29.8 Å². The van der Waals surface area contributed by atoms with Crippen LogP contribution in [0.3, 0.4) is 0 Å². The number of hydrogen-bond acceptors (Lipinski definition) is 3. The van der Waals surface area contributed by atoms with Crippen LogP contribution in [-0.4, -0.2) is 30.5 Å². The zero-order valence-electron chi connectivity index (χ0n) is 12.8. The topological polar surface area (TPSA) is 53.3 Å². The maximum absolute atomic E-state index is 12.3. The van der Waals surface area contributed by atoms with Gasteiger partial charge in [0.25, 0.3) is 5.91 Å². The Morgan fingerprint density at radius 1 is 1.18 bits per heavy atom. The highest BCUT2D eigenvalue weighted by molar-refractivity contribution is 5.77. The second kappa shape index (κ2) is 6.83. The zero-order valence-corrected chi connectivity index (χ0v) is 12.8. The summed E-state index contributed by atoms with van der Waals surface area (Å²) in [6, 6.07) is 8.94. The van der Waals surface area contributed by atoms with Crippen LogP contribution in [0.25, 0.3) is 0 Å². The van der Waals surface area contributed by atoms with Gasteiger partial charge in [-0.1, -0.05) is 19.3 Å². The third-order valence-electron chi connectivity index (χ3n) is 4.99. The molecule has 1 aromatic rings. The number of piperidine rings is 1. The monoisotopic (exact) mass is 298 g/mol. The molecule has 0 unspecified atom stereocenters. The predicted molar refractivity (Wildman–Crippen MR) is 83.3 cm³/mol. The molecule has 1 aliphatic heterocycles. The van der Waals surface area contributed by atoms with Crippen molar-refractivity contribution in [3.63, 3.8) is 0 Å². The molecule has 2 aliphatic rings. The van der Waals surface area contributed by atoms with E-state index in [1.54, 1.807) is 24.3 Å². The highest BCUT2D eigenvalue weighted by Gasteiger charge is 2.32. The molecule has 0 N–H and O–H groups in total. The van der Waals surface area contributed by atoms with Crippen LogP contribution in [0, 0.1) is 23.2 Å². The first-order valence-corrected chi connectivity index (χ1v) is 8.17. The van der Waals surface area contributed by atoms with Crippen molar-refractivity contribution in [3.8, 4) is 11.8 Å². The summed E-state index contributed by atoms with van der Waals surface area (Å²) >= 11 is 0. The fourth-order valence-electron chi connectivity index (χ4n) is 3.69. The largest absolute Gasteiger partial charge is 0.484 e. The van der Waals surface area contributed by atoms with E-state index < -0.39 is 0 Å². The van der Waals surface area contributed by atoms with Crippen molar-refractivity contribution < 1.29 is 9.53 Å². The molecule has 0 spiro atoms. The molecule has 2 fully saturated rings.